The largest absolute Gasteiger partial charge is 0.476 e. The van der Waals surface area contributed by atoms with Crippen molar-refractivity contribution < 1.29 is 34.1 Å². The van der Waals surface area contributed by atoms with Crippen LogP contribution in [0, 0.1) is 0 Å². The fourth-order valence-corrected chi connectivity index (χ4v) is 1.14. The summed E-state index contributed by atoms with van der Waals surface area (Å²) in [5.41, 5.74) is -0.138. The molecule has 0 aliphatic rings. The number of carboxylic acid groups (broad SMARTS) is 1. The number of carbonyl (C=O) groups is 3. The van der Waals surface area contributed by atoms with Gasteiger partial charge in [0.15, 0.2) is 6.10 Å². The van der Waals surface area contributed by atoms with E-state index in [2.05, 4.69) is 24.5 Å². The minimum atomic E-state index is -3.06. The molecular weight excluding hydrogens is 280 g/mol. The van der Waals surface area contributed by atoms with Crippen molar-refractivity contribution in [2.24, 2.45) is 0 Å². The molecule has 0 radical (unpaired) electrons. The van der Waals surface area contributed by atoms with Crippen molar-refractivity contribution in [3.8, 4) is 0 Å². The van der Waals surface area contributed by atoms with Crippen LogP contribution in [0.4, 0.5) is 0 Å². The van der Waals surface area contributed by atoms with E-state index in [1.807, 2.05) is 0 Å². The van der Waals surface area contributed by atoms with Gasteiger partial charge in [0.1, 0.15) is 0 Å². The number of aliphatic carboxylic acids is 1. The second-order valence-corrected chi connectivity index (χ2v) is 4.37. The first-order valence-electron chi connectivity index (χ1n) is 5.88. The standard InChI is InChI=1S/C14H18O7/c1-6-7-10(20-11(15)8(2)3)14(19,13(17)18)21-12(16)9(4)5/h6,10,19H,1-2,4,7H2,3,5H3,(H,17,18). The van der Waals surface area contributed by atoms with Gasteiger partial charge in [0.05, 0.1) is 0 Å². The maximum absolute atomic E-state index is 11.5. The van der Waals surface area contributed by atoms with Crippen LogP contribution >= 0.6 is 0 Å². The van der Waals surface area contributed by atoms with E-state index in [1.165, 1.54) is 19.9 Å². The maximum Gasteiger partial charge on any atom is 0.381 e. The van der Waals surface area contributed by atoms with E-state index in [4.69, 9.17) is 9.84 Å². The van der Waals surface area contributed by atoms with Gasteiger partial charge in [-0.1, -0.05) is 19.2 Å². The first-order chi connectivity index (χ1) is 9.56. The van der Waals surface area contributed by atoms with E-state index < -0.39 is 29.8 Å². The highest BCUT2D eigenvalue weighted by Crippen LogP contribution is 2.22. The smallest absolute Gasteiger partial charge is 0.381 e. The lowest BCUT2D eigenvalue weighted by atomic mass is 10.1. The highest BCUT2D eigenvalue weighted by atomic mass is 16.7. The molecule has 0 spiro atoms. The third-order valence-electron chi connectivity index (χ3n) is 2.32. The van der Waals surface area contributed by atoms with Crippen LogP contribution in [0.5, 0.6) is 0 Å². The fraction of sp³-hybridized carbons (Fsp3) is 0.357. The zero-order valence-corrected chi connectivity index (χ0v) is 11.9. The van der Waals surface area contributed by atoms with Crippen LogP contribution in [0.25, 0.3) is 0 Å². The molecule has 0 bridgehead atoms. The molecular formula is C14H18O7. The van der Waals surface area contributed by atoms with E-state index in [-0.39, 0.29) is 17.6 Å². The summed E-state index contributed by atoms with van der Waals surface area (Å²) >= 11 is 0. The average Bonchev–Trinajstić information content (AvgIpc) is 2.37. The second-order valence-electron chi connectivity index (χ2n) is 4.37. The highest BCUT2D eigenvalue weighted by molar-refractivity contribution is 5.91. The zero-order valence-electron chi connectivity index (χ0n) is 11.9. The molecule has 0 aliphatic heterocycles. The predicted octanol–water partition coefficient (Wildman–Crippen LogP) is 0.943. The molecule has 7 heteroatoms. The van der Waals surface area contributed by atoms with Gasteiger partial charge < -0.3 is 19.7 Å². The van der Waals surface area contributed by atoms with E-state index in [0.29, 0.717) is 0 Å². The molecule has 0 aromatic heterocycles. The number of aliphatic hydroxyl groups is 1. The summed E-state index contributed by atoms with van der Waals surface area (Å²) in [4.78, 5) is 34.2. The third kappa shape index (κ3) is 4.88. The van der Waals surface area contributed by atoms with Crippen molar-refractivity contribution >= 4 is 17.9 Å². The summed E-state index contributed by atoms with van der Waals surface area (Å²) in [6.07, 6.45) is -0.732. The minimum Gasteiger partial charge on any atom is -0.476 e. The van der Waals surface area contributed by atoms with Crippen LogP contribution < -0.4 is 0 Å². The zero-order chi connectivity index (χ0) is 16.8. The molecule has 0 fully saturated rings. The van der Waals surface area contributed by atoms with Crippen LogP contribution in [0.2, 0.25) is 0 Å². The summed E-state index contributed by atoms with van der Waals surface area (Å²) < 4.78 is 9.33. The fourth-order valence-electron chi connectivity index (χ4n) is 1.14. The second kappa shape index (κ2) is 7.39. The topological polar surface area (TPSA) is 110 Å². The molecule has 116 valence electrons. The van der Waals surface area contributed by atoms with Gasteiger partial charge in [0.25, 0.3) is 0 Å². The number of hydrogen-bond donors (Lipinski definition) is 2. The van der Waals surface area contributed by atoms with E-state index >= 15 is 0 Å². The number of carboxylic acids is 1. The maximum atomic E-state index is 11.5. The van der Waals surface area contributed by atoms with Crippen LogP contribution in [0.1, 0.15) is 20.3 Å². The number of carbonyl (C=O) groups excluding carboxylic acids is 2. The molecule has 0 aliphatic carbocycles. The van der Waals surface area contributed by atoms with E-state index in [9.17, 15) is 19.5 Å². The molecule has 2 atom stereocenters. The van der Waals surface area contributed by atoms with Crippen molar-refractivity contribution in [3.63, 3.8) is 0 Å². The highest BCUT2D eigenvalue weighted by Gasteiger charge is 2.50. The van der Waals surface area contributed by atoms with Crippen LogP contribution in [-0.4, -0.2) is 40.0 Å². The molecule has 0 saturated heterocycles. The monoisotopic (exact) mass is 298 g/mol. The van der Waals surface area contributed by atoms with Gasteiger partial charge in [-0.2, -0.15) is 0 Å². The van der Waals surface area contributed by atoms with Crippen molar-refractivity contribution in [1.29, 1.82) is 0 Å². The van der Waals surface area contributed by atoms with Gasteiger partial charge in [-0.25, -0.2) is 14.4 Å². The van der Waals surface area contributed by atoms with Crippen molar-refractivity contribution in [1.82, 2.24) is 0 Å². The Labute approximate surface area is 122 Å². The van der Waals surface area contributed by atoms with E-state index in [0.717, 1.165) is 0 Å². The summed E-state index contributed by atoms with van der Waals surface area (Å²) in [6, 6.07) is 0. The molecule has 0 heterocycles. The molecule has 0 rings (SSSR count). The van der Waals surface area contributed by atoms with Crippen molar-refractivity contribution in [2.45, 2.75) is 32.2 Å². The summed E-state index contributed by atoms with van der Waals surface area (Å²) in [6.45, 7) is 12.6. The van der Waals surface area contributed by atoms with Crippen molar-refractivity contribution in [2.75, 3.05) is 0 Å². The average molecular weight is 298 g/mol. The molecule has 0 aromatic carbocycles. The SMILES string of the molecule is C=CCC(OC(=O)C(=C)C)C(O)(OC(=O)C(=C)C)C(=O)O. The minimum absolute atomic E-state index is 0.0111. The summed E-state index contributed by atoms with van der Waals surface area (Å²) in [5.74, 6) is -7.03. The normalized spacial score (nSPS) is 14.2. The van der Waals surface area contributed by atoms with Gasteiger partial charge in [-0.05, 0) is 13.8 Å². The van der Waals surface area contributed by atoms with Gasteiger partial charge in [-0.3, -0.25) is 0 Å². The lowest BCUT2D eigenvalue weighted by molar-refractivity contribution is -0.252. The molecule has 2 unspecified atom stereocenters. The molecule has 2 N–H and O–H groups in total. The molecule has 7 nitrogen and oxygen atoms in total. The Kier molecular flexibility index (Phi) is 6.54. The molecule has 21 heavy (non-hydrogen) atoms. The Hall–Kier alpha value is -2.41. The number of ether oxygens (including phenoxy) is 2. The predicted molar refractivity (Wildman–Crippen MR) is 73.0 cm³/mol. The first kappa shape index (κ1) is 18.6. The van der Waals surface area contributed by atoms with E-state index in [1.54, 1.807) is 0 Å². The van der Waals surface area contributed by atoms with Crippen LogP contribution in [0.3, 0.4) is 0 Å². The first-order valence-corrected chi connectivity index (χ1v) is 5.88. The molecule has 0 amide bonds. The quantitative estimate of drug-likeness (QED) is 0.297. The lowest BCUT2D eigenvalue weighted by Crippen LogP contribution is -2.54. The Bertz CT molecular complexity index is 492. The number of rotatable bonds is 8. The molecule has 0 aromatic rings. The number of esters is 2. The number of hydrogen-bond acceptors (Lipinski definition) is 6. The summed E-state index contributed by atoms with van der Waals surface area (Å²) in [7, 11) is 0. The van der Waals surface area contributed by atoms with Gasteiger partial charge in [-0.15, -0.1) is 6.58 Å². The molecule has 0 saturated carbocycles. The van der Waals surface area contributed by atoms with Gasteiger partial charge >= 0.3 is 23.7 Å². The van der Waals surface area contributed by atoms with Gasteiger partial charge in [0.2, 0.25) is 0 Å². The Morgan fingerprint density at radius 1 is 1.19 bits per heavy atom. The van der Waals surface area contributed by atoms with Gasteiger partial charge in [0, 0.05) is 17.6 Å². The Morgan fingerprint density at radius 2 is 1.67 bits per heavy atom. The Morgan fingerprint density at radius 3 is 2.00 bits per heavy atom. The van der Waals surface area contributed by atoms with Crippen LogP contribution in [-0.2, 0) is 23.9 Å². The van der Waals surface area contributed by atoms with Crippen molar-refractivity contribution in [3.05, 3.63) is 37.0 Å². The summed E-state index contributed by atoms with van der Waals surface area (Å²) in [5, 5.41) is 19.2. The van der Waals surface area contributed by atoms with Crippen LogP contribution in [0.15, 0.2) is 37.0 Å². The Balaban J connectivity index is 5.50. The third-order valence-corrected chi connectivity index (χ3v) is 2.32. The lowest BCUT2D eigenvalue weighted by Gasteiger charge is -2.30.